The van der Waals surface area contributed by atoms with Gasteiger partial charge in [0.05, 0.1) is 0 Å². The van der Waals surface area contributed by atoms with E-state index in [9.17, 15) is 4.79 Å². The molecule has 1 heterocycles. The maximum Gasteiger partial charge on any atom is 0.328 e. The Morgan fingerprint density at radius 1 is 1.21 bits per heavy atom. The number of rotatable bonds is 3. The summed E-state index contributed by atoms with van der Waals surface area (Å²) < 4.78 is 0.937. The molecule has 0 amide bonds. The van der Waals surface area contributed by atoms with Gasteiger partial charge in [-0.3, -0.25) is 0 Å². The van der Waals surface area contributed by atoms with Crippen LogP contribution in [0.2, 0.25) is 0 Å². The molecule has 1 fully saturated rings. The minimum atomic E-state index is -0.927. The minimum Gasteiger partial charge on any atom is -0.478 e. The fraction of sp³-hybridized carbons (Fsp3) is 0.400. The van der Waals surface area contributed by atoms with Crippen LogP contribution >= 0.6 is 15.9 Å². The maximum atomic E-state index is 10.5. The van der Waals surface area contributed by atoms with Crippen LogP contribution in [0.3, 0.4) is 0 Å². The Balaban J connectivity index is 2.15. The lowest BCUT2D eigenvalue weighted by molar-refractivity contribution is -0.131. The molecule has 0 spiro atoms. The topological polar surface area (TPSA) is 40.5 Å². The van der Waals surface area contributed by atoms with Crippen molar-refractivity contribution in [1.82, 2.24) is 0 Å². The summed E-state index contributed by atoms with van der Waals surface area (Å²) in [6, 6.07) is 6.11. The van der Waals surface area contributed by atoms with Crippen molar-refractivity contribution in [2.24, 2.45) is 0 Å². The Hall–Kier alpha value is -1.29. The van der Waals surface area contributed by atoms with E-state index in [1.54, 1.807) is 6.08 Å². The van der Waals surface area contributed by atoms with Crippen LogP contribution in [-0.2, 0) is 4.79 Å². The van der Waals surface area contributed by atoms with Gasteiger partial charge < -0.3 is 10.0 Å². The van der Waals surface area contributed by atoms with Crippen LogP contribution in [0.5, 0.6) is 0 Å². The molecule has 1 aromatic rings. The van der Waals surface area contributed by atoms with Crippen molar-refractivity contribution in [2.45, 2.75) is 25.7 Å². The van der Waals surface area contributed by atoms with E-state index in [4.69, 9.17) is 5.11 Å². The van der Waals surface area contributed by atoms with Crippen molar-refractivity contribution in [1.29, 1.82) is 0 Å². The Bertz CT molecular complexity index is 477. The van der Waals surface area contributed by atoms with Gasteiger partial charge in [0.2, 0.25) is 0 Å². The van der Waals surface area contributed by atoms with Crippen LogP contribution in [0.1, 0.15) is 31.2 Å². The molecular formula is C15H18BrNO2. The van der Waals surface area contributed by atoms with Gasteiger partial charge in [-0.05, 0) is 36.6 Å². The second-order valence-corrected chi connectivity index (χ2v) is 5.63. The van der Waals surface area contributed by atoms with Crippen LogP contribution < -0.4 is 4.90 Å². The number of aliphatic carboxylic acids is 1. The standard InChI is InChI=1S/C15H18BrNO2/c16-14-11-13(17-9-3-1-2-4-10-17)7-5-12(14)6-8-15(18)19/h5-8,11H,1-4,9-10H2,(H,18,19)/b8-6+. The van der Waals surface area contributed by atoms with Crippen molar-refractivity contribution in [3.8, 4) is 0 Å². The minimum absolute atomic E-state index is 0.890. The van der Waals surface area contributed by atoms with E-state index in [2.05, 4.69) is 33.0 Å². The van der Waals surface area contributed by atoms with Crippen LogP contribution in [-0.4, -0.2) is 24.2 Å². The smallest absolute Gasteiger partial charge is 0.328 e. The highest BCUT2D eigenvalue weighted by molar-refractivity contribution is 9.10. The van der Waals surface area contributed by atoms with Crippen LogP contribution in [0, 0.1) is 0 Å². The predicted octanol–water partition coefficient (Wildman–Crippen LogP) is 3.93. The molecule has 0 aliphatic carbocycles. The van der Waals surface area contributed by atoms with Gasteiger partial charge in [0.25, 0.3) is 0 Å². The number of hydrogen-bond donors (Lipinski definition) is 1. The number of carboxylic acids is 1. The summed E-state index contributed by atoms with van der Waals surface area (Å²) in [5, 5.41) is 8.65. The third kappa shape index (κ3) is 4.10. The number of anilines is 1. The van der Waals surface area contributed by atoms with Crippen molar-refractivity contribution >= 4 is 33.7 Å². The SMILES string of the molecule is O=C(O)/C=C/c1ccc(N2CCCCCC2)cc1Br. The maximum absolute atomic E-state index is 10.5. The molecule has 4 heteroatoms. The summed E-state index contributed by atoms with van der Waals surface area (Å²) in [4.78, 5) is 12.9. The highest BCUT2D eigenvalue weighted by Gasteiger charge is 2.10. The lowest BCUT2D eigenvalue weighted by Crippen LogP contribution is -2.23. The Labute approximate surface area is 122 Å². The van der Waals surface area contributed by atoms with Gasteiger partial charge in [0, 0.05) is 29.3 Å². The Morgan fingerprint density at radius 3 is 2.47 bits per heavy atom. The summed E-state index contributed by atoms with van der Waals surface area (Å²) in [6.07, 6.45) is 7.90. The molecule has 3 nitrogen and oxygen atoms in total. The van der Waals surface area contributed by atoms with E-state index in [1.165, 1.54) is 31.4 Å². The van der Waals surface area contributed by atoms with E-state index in [1.807, 2.05) is 6.07 Å². The molecule has 1 saturated heterocycles. The molecule has 0 atom stereocenters. The van der Waals surface area contributed by atoms with Gasteiger partial charge in [-0.15, -0.1) is 0 Å². The number of benzene rings is 1. The third-order valence-electron chi connectivity index (χ3n) is 3.36. The van der Waals surface area contributed by atoms with Crippen molar-refractivity contribution in [3.05, 3.63) is 34.3 Å². The largest absolute Gasteiger partial charge is 0.478 e. The molecule has 2 rings (SSSR count). The van der Waals surface area contributed by atoms with Crippen LogP contribution in [0.15, 0.2) is 28.7 Å². The predicted molar refractivity (Wildman–Crippen MR) is 81.5 cm³/mol. The summed E-state index contributed by atoms with van der Waals surface area (Å²) >= 11 is 3.51. The third-order valence-corrected chi connectivity index (χ3v) is 4.05. The monoisotopic (exact) mass is 323 g/mol. The molecule has 0 saturated carbocycles. The molecule has 19 heavy (non-hydrogen) atoms. The van der Waals surface area contributed by atoms with Gasteiger partial charge >= 0.3 is 5.97 Å². The molecule has 102 valence electrons. The normalized spacial score (nSPS) is 16.6. The van der Waals surface area contributed by atoms with E-state index in [0.717, 1.165) is 29.2 Å². The Kier molecular flexibility index (Phi) is 5.02. The van der Waals surface area contributed by atoms with Crippen LogP contribution in [0.4, 0.5) is 5.69 Å². The molecular weight excluding hydrogens is 306 g/mol. The van der Waals surface area contributed by atoms with Gasteiger partial charge in [0.15, 0.2) is 0 Å². The second-order valence-electron chi connectivity index (χ2n) is 4.78. The zero-order chi connectivity index (χ0) is 13.7. The van der Waals surface area contributed by atoms with Crippen molar-refractivity contribution < 1.29 is 9.90 Å². The number of carboxylic acid groups (broad SMARTS) is 1. The fourth-order valence-electron chi connectivity index (χ4n) is 2.34. The first kappa shape index (κ1) is 14.1. The first-order chi connectivity index (χ1) is 9.16. The second kappa shape index (κ2) is 6.75. The average Bonchev–Trinajstić information content (AvgIpc) is 2.66. The molecule has 1 N–H and O–H groups in total. The number of nitrogens with zero attached hydrogens (tertiary/aromatic N) is 1. The lowest BCUT2D eigenvalue weighted by Gasteiger charge is -2.23. The summed E-state index contributed by atoms with van der Waals surface area (Å²) in [6.45, 7) is 2.22. The zero-order valence-corrected chi connectivity index (χ0v) is 12.4. The van der Waals surface area contributed by atoms with E-state index in [-0.39, 0.29) is 0 Å². The molecule has 0 radical (unpaired) electrons. The molecule has 1 aliphatic rings. The summed E-state index contributed by atoms with van der Waals surface area (Å²) in [7, 11) is 0. The van der Waals surface area contributed by atoms with E-state index in [0.29, 0.717) is 0 Å². The van der Waals surface area contributed by atoms with Gasteiger partial charge in [-0.25, -0.2) is 4.79 Å². The molecule has 0 aromatic heterocycles. The number of carbonyl (C=O) groups is 1. The first-order valence-corrected chi connectivity index (χ1v) is 7.41. The van der Waals surface area contributed by atoms with Crippen LogP contribution in [0.25, 0.3) is 6.08 Å². The fourth-order valence-corrected chi connectivity index (χ4v) is 2.84. The average molecular weight is 324 g/mol. The molecule has 1 aromatic carbocycles. The van der Waals surface area contributed by atoms with Crippen molar-refractivity contribution in [3.63, 3.8) is 0 Å². The number of hydrogen-bond acceptors (Lipinski definition) is 2. The van der Waals surface area contributed by atoms with Gasteiger partial charge in [0.1, 0.15) is 0 Å². The highest BCUT2D eigenvalue weighted by Crippen LogP contribution is 2.26. The number of halogens is 1. The van der Waals surface area contributed by atoms with Crippen molar-refractivity contribution in [2.75, 3.05) is 18.0 Å². The molecule has 0 unspecified atom stereocenters. The quantitative estimate of drug-likeness (QED) is 0.857. The Morgan fingerprint density at radius 2 is 1.89 bits per heavy atom. The summed E-state index contributed by atoms with van der Waals surface area (Å²) in [5.74, 6) is -0.927. The lowest BCUT2D eigenvalue weighted by atomic mass is 10.1. The van der Waals surface area contributed by atoms with Gasteiger partial charge in [-0.1, -0.05) is 34.8 Å². The zero-order valence-electron chi connectivity index (χ0n) is 10.8. The first-order valence-electron chi connectivity index (χ1n) is 6.62. The van der Waals surface area contributed by atoms with E-state index >= 15 is 0 Å². The molecule has 1 aliphatic heterocycles. The highest BCUT2D eigenvalue weighted by atomic mass is 79.9. The van der Waals surface area contributed by atoms with E-state index < -0.39 is 5.97 Å². The summed E-state index contributed by atoms with van der Waals surface area (Å²) in [5.41, 5.74) is 2.10. The van der Waals surface area contributed by atoms with Gasteiger partial charge in [-0.2, -0.15) is 0 Å². The molecule has 0 bridgehead atoms.